The molecule has 0 heterocycles. The van der Waals surface area contributed by atoms with Crippen molar-refractivity contribution >= 4 is 40.8 Å². The van der Waals surface area contributed by atoms with Crippen molar-refractivity contribution in [3.63, 3.8) is 0 Å². The molecule has 0 aliphatic heterocycles. The highest BCUT2D eigenvalue weighted by Gasteiger charge is 2.22. The quantitative estimate of drug-likeness (QED) is 0.114. The zero-order valence-electron chi connectivity index (χ0n) is 18.8. The maximum absolute atomic E-state index is 12.6. The molecule has 36 heavy (non-hydrogen) atoms. The van der Waals surface area contributed by atoms with Crippen LogP contribution in [0.25, 0.3) is 0 Å². The van der Waals surface area contributed by atoms with Crippen LogP contribution in [0.15, 0.2) is 77.9 Å². The molecule has 12 heteroatoms. The van der Waals surface area contributed by atoms with Crippen LogP contribution in [0.3, 0.4) is 0 Å². The second kappa shape index (κ2) is 11.2. The molecule has 0 bridgehead atoms. The van der Waals surface area contributed by atoms with Crippen LogP contribution in [-0.2, 0) is 9.59 Å². The zero-order valence-corrected chi connectivity index (χ0v) is 18.8. The van der Waals surface area contributed by atoms with E-state index in [9.17, 15) is 29.3 Å². The van der Waals surface area contributed by atoms with Crippen LogP contribution in [0.1, 0.15) is 33.2 Å². The number of hydrogen-bond acceptors (Lipinski definition) is 8. The first-order valence-corrected chi connectivity index (χ1v) is 10.3. The molecule has 182 valence electrons. The van der Waals surface area contributed by atoms with E-state index in [1.165, 1.54) is 61.5 Å². The molecule has 3 amide bonds. The topological polar surface area (TPSA) is 183 Å². The molecule has 3 rings (SSSR count). The molecule has 0 radical (unpaired) electrons. The number of esters is 1. The van der Waals surface area contributed by atoms with E-state index in [1.54, 1.807) is 18.2 Å². The van der Waals surface area contributed by atoms with E-state index in [4.69, 9.17) is 10.5 Å². The van der Waals surface area contributed by atoms with E-state index in [-0.39, 0.29) is 28.3 Å². The number of anilines is 1. The summed E-state index contributed by atoms with van der Waals surface area (Å²) in [5, 5.41) is 17.4. The fourth-order valence-electron chi connectivity index (χ4n) is 2.97. The maximum atomic E-state index is 12.6. The van der Waals surface area contributed by atoms with Gasteiger partial charge in [0.1, 0.15) is 11.3 Å². The molecule has 0 saturated heterocycles. The highest BCUT2D eigenvalue weighted by atomic mass is 16.6. The number of ether oxygens (including phenoxy) is 1. The number of rotatable bonds is 7. The van der Waals surface area contributed by atoms with Crippen molar-refractivity contribution in [2.24, 2.45) is 10.8 Å². The number of carbonyl (C=O) groups is 4. The molecule has 0 spiro atoms. The number of hydrazone groups is 1. The Bertz CT molecular complexity index is 1380. The predicted molar refractivity (Wildman–Crippen MR) is 128 cm³/mol. The summed E-state index contributed by atoms with van der Waals surface area (Å²) in [5.74, 6) is -3.65. The van der Waals surface area contributed by atoms with Crippen molar-refractivity contribution in [2.75, 3.05) is 5.32 Å². The van der Waals surface area contributed by atoms with Gasteiger partial charge in [-0.15, -0.1) is 0 Å². The van der Waals surface area contributed by atoms with Gasteiger partial charge in [0.2, 0.25) is 5.91 Å². The van der Waals surface area contributed by atoms with Crippen LogP contribution in [0.2, 0.25) is 0 Å². The number of nitro benzene ring substituents is 1. The number of nitrogens with zero attached hydrogens (tertiary/aromatic N) is 2. The second-order valence-corrected chi connectivity index (χ2v) is 7.19. The molecular weight excluding hydrogens is 470 g/mol. The Morgan fingerprint density at radius 1 is 0.889 bits per heavy atom. The summed E-state index contributed by atoms with van der Waals surface area (Å²) in [6.45, 7) is 1.50. The van der Waals surface area contributed by atoms with Crippen LogP contribution in [-0.4, -0.2) is 34.3 Å². The van der Waals surface area contributed by atoms with E-state index in [0.29, 0.717) is 5.56 Å². The van der Waals surface area contributed by atoms with Crippen LogP contribution in [0.5, 0.6) is 5.75 Å². The summed E-state index contributed by atoms with van der Waals surface area (Å²) >= 11 is 0. The minimum absolute atomic E-state index is 0.0372. The van der Waals surface area contributed by atoms with Crippen molar-refractivity contribution in [3.05, 3.63) is 99.6 Å². The van der Waals surface area contributed by atoms with E-state index in [1.807, 2.05) is 0 Å². The third-order valence-electron chi connectivity index (χ3n) is 4.76. The van der Waals surface area contributed by atoms with E-state index < -0.39 is 34.3 Å². The molecule has 3 aromatic carbocycles. The number of benzene rings is 3. The Hall–Kier alpha value is -5.39. The number of nitro groups is 1. The number of nitrogens with two attached hydrogens (primary N) is 1. The number of carbonyl (C=O) groups excluding carboxylic acids is 4. The van der Waals surface area contributed by atoms with E-state index >= 15 is 0 Å². The fraction of sp³-hybridized carbons (Fsp3) is 0.0417. The number of primary amides is 1. The predicted octanol–water partition coefficient (Wildman–Crippen LogP) is 2.39. The molecule has 0 atom stereocenters. The lowest BCUT2D eigenvalue weighted by Gasteiger charge is -2.10. The normalized spacial score (nSPS) is 10.8. The van der Waals surface area contributed by atoms with Gasteiger partial charge in [-0.2, -0.15) is 5.10 Å². The summed E-state index contributed by atoms with van der Waals surface area (Å²) in [6, 6.07) is 17.1. The van der Waals surface area contributed by atoms with Crippen molar-refractivity contribution in [1.82, 2.24) is 5.43 Å². The van der Waals surface area contributed by atoms with Crippen LogP contribution >= 0.6 is 0 Å². The fourth-order valence-corrected chi connectivity index (χ4v) is 2.97. The van der Waals surface area contributed by atoms with Crippen molar-refractivity contribution in [2.45, 2.75) is 6.92 Å². The third-order valence-corrected chi connectivity index (χ3v) is 4.76. The summed E-state index contributed by atoms with van der Waals surface area (Å²) in [4.78, 5) is 58.5. The Morgan fingerprint density at radius 3 is 2.14 bits per heavy atom. The molecule has 3 aromatic rings. The molecule has 0 fully saturated rings. The largest absolute Gasteiger partial charge is 0.422 e. The number of para-hydroxylation sites is 2. The van der Waals surface area contributed by atoms with Crippen molar-refractivity contribution < 1.29 is 28.8 Å². The second-order valence-electron chi connectivity index (χ2n) is 7.19. The third kappa shape index (κ3) is 6.14. The van der Waals surface area contributed by atoms with Gasteiger partial charge in [0, 0.05) is 22.9 Å². The molecule has 0 aliphatic rings. The molecule has 4 N–H and O–H groups in total. The Kier molecular flexibility index (Phi) is 7.82. The first kappa shape index (κ1) is 25.2. The van der Waals surface area contributed by atoms with E-state index in [2.05, 4.69) is 15.8 Å². The van der Waals surface area contributed by atoms with Gasteiger partial charge in [-0.25, -0.2) is 10.2 Å². The lowest BCUT2D eigenvalue weighted by atomic mass is 10.1. The monoisotopic (exact) mass is 489 g/mol. The lowest BCUT2D eigenvalue weighted by Crippen LogP contribution is -2.33. The first-order chi connectivity index (χ1) is 17.2. The highest BCUT2D eigenvalue weighted by Crippen LogP contribution is 2.23. The van der Waals surface area contributed by atoms with Crippen LogP contribution in [0.4, 0.5) is 11.4 Å². The van der Waals surface area contributed by atoms with E-state index in [0.717, 1.165) is 0 Å². The van der Waals surface area contributed by atoms with Crippen molar-refractivity contribution in [3.8, 4) is 5.75 Å². The number of amides is 3. The minimum atomic E-state index is -1.08. The Balaban J connectivity index is 1.70. The van der Waals surface area contributed by atoms with Gasteiger partial charge in [-0.3, -0.25) is 24.5 Å². The van der Waals surface area contributed by atoms with Crippen LogP contribution in [0, 0.1) is 10.1 Å². The van der Waals surface area contributed by atoms with Gasteiger partial charge in [-0.1, -0.05) is 24.3 Å². The summed E-state index contributed by atoms with van der Waals surface area (Å²) in [6.07, 6.45) is 0. The molecular formula is C24H19N5O7. The lowest BCUT2D eigenvalue weighted by molar-refractivity contribution is -0.385. The number of hydrogen-bond donors (Lipinski definition) is 3. The number of nitrogens with one attached hydrogen (secondary N) is 2. The molecule has 0 saturated carbocycles. The molecule has 0 aliphatic carbocycles. The van der Waals surface area contributed by atoms with Gasteiger partial charge >= 0.3 is 17.8 Å². The molecule has 0 aromatic heterocycles. The highest BCUT2D eigenvalue weighted by molar-refractivity contribution is 6.39. The molecule has 12 nitrogen and oxygen atoms in total. The average molecular weight is 489 g/mol. The van der Waals surface area contributed by atoms with Gasteiger partial charge < -0.3 is 15.8 Å². The van der Waals surface area contributed by atoms with Gasteiger partial charge in [0.05, 0.1) is 10.6 Å². The maximum Gasteiger partial charge on any atom is 0.350 e. The first-order valence-electron chi connectivity index (χ1n) is 10.3. The standard InChI is InChI=1S/C24H19N5O7/c1-14(27-28-23(32)22(31)26-16-12-10-15(11-13-16)21(25)30)17-6-3-5-9-20(17)36-24(33)18-7-2-4-8-19(18)29(34)35/h2-13H,1H3,(H2,25,30)(H,26,31)(H,28,32)/b27-14+. The van der Waals surface area contributed by atoms with Crippen molar-refractivity contribution in [1.29, 1.82) is 0 Å². The minimum Gasteiger partial charge on any atom is -0.422 e. The van der Waals surface area contributed by atoms with Gasteiger partial charge in [0.25, 0.3) is 5.69 Å². The zero-order chi connectivity index (χ0) is 26.2. The Morgan fingerprint density at radius 2 is 1.50 bits per heavy atom. The summed E-state index contributed by atoms with van der Waals surface area (Å²) in [5.41, 5.74) is 7.59. The SMILES string of the molecule is C/C(=N\NC(=O)C(=O)Nc1ccc(C(N)=O)cc1)c1ccccc1OC(=O)c1ccccc1[N+](=O)[O-]. The Labute approximate surface area is 203 Å². The molecule has 0 unspecified atom stereocenters. The summed E-state index contributed by atoms with van der Waals surface area (Å²) in [7, 11) is 0. The smallest absolute Gasteiger partial charge is 0.350 e. The summed E-state index contributed by atoms with van der Waals surface area (Å²) < 4.78 is 5.35. The van der Waals surface area contributed by atoms with Crippen LogP contribution < -0.4 is 21.2 Å². The average Bonchev–Trinajstić information content (AvgIpc) is 2.87. The van der Waals surface area contributed by atoms with Gasteiger partial charge in [0.15, 0.2) is 0 Å². The van der Waals surface area contributed by atoms with Gasteiger partial charge in [-0.05, 0) is 49.4 Å².